The second-order valence-corrected chi connectivity index (χ2v) is 6.14. The molecular weight excluding hydrogens is 332 g/mol. The molecule has 0 atom stereocenters. The van der Waals surface area contributed by atoms with Crippen molar-refractivity contribution in [3.8, 4) is 0 Å². The number of nitrogens with one attached hydrogen (secondary N) is 2. The Balaban J connectivity index is 0.00000225. The van der Waals surface area contributed by atoms with E-state index in [9.17, 15) is 4.79 Å². The fourth-order valence-corrected chi connectivity index (χ4v) is 3.00. The van der Waals surface area contributed by atoms with Gasteiger partial charge in [0.2, 0.25) is 0 Å². The Morgan fingerprint density at radius 1 is 1.00 bits per heavy atom. The van der Waals surface area contributed by atoms with Gasteiger partial charge in [-0.3, -0.25) is 4.79 Å². The van der Waals surface area contributed by atoms with Gasteiger partial charge >= 0.3 is 0 Å². The number of carbonyl (C=O) groups excluding carboxylic acids is 1. The van der Waals surface area contributed by atoms with Crippen LogP contribution in [-0.4, -0.2) is 25.5 Å². The maximum atomic E-state index is 12.6. The van der Waals surface area contributed by atoms with E-state index in [2.05, 4.69) is 47.0 Å². The highest BCUT2D eigenvalue weighted by atomic mass is 35.5. The highest BCUT2D eigenvalue weighted by Crippen LogP contribution is 2.13. The minimum atomic E-state index is 0. The molecule has 0 spiro atoms. The third-order valence-corrected chi connectivity index (χ3v) is 4.42. The van der Waals surface area contributed by atoms with Gasteiger partial charge in [-0.1, -0.05) is 60.2 Å². The second kappa shape index (κ2) is 10.0. The molecule has 0 aromatic heterocycles. The summed E-state index contributed by atoms with van der Waals surface area (Å²) in [6, 6.07) is 18.3. The van der Waals surface area contributed by atoms with Gasteiger partial charge in [0.1, 0.15) is 0 Å². The van der Waals surface area contributed by atoms with E-state index < -0.39 is 0 Å². The molecule has 0 radical (unpaired) electrons. The molecule has 1 heterocycles. The lowest BCUT2D eigenvalue weighted by atomic mass is 9.99. The number of rotatable bonds is 6. The van der Waals surface area contributed by atoms with Crippen LogP contribution in [0.4, 0.5) is 0 Å². The average molecular weight is 357 g/mol. The Bertz CT molecular complexity index is 713. The monoisotopic (exact) mass is 356 g/mol. The molecule has 0 aliphatic carbocycles. The van der Waals surface area contributed by atoms with Crippen molar-refractivity contribution in [2.24, 2.45) is 0 Å². The minimum absolute atomic E-state index is 0. The normalized spacial score (nSPS) is 13.5. The van der Waals surface area contributed by atoms with Gasteiger partial charge in [0.25, 0.3) is 5.91 Å². The first-order valence-electron chi connectivity index (χ1n) is 8.61. The van der Waals surface area contributed by atoms with Crippen LogP contribution < -0.4 is 10.6 Å². The number of hydrogen-bond acceptors (Lipinski definition) is 2. The third-order valence-electron chi connectivity index (χ3n) is 4.42. The largest absolute Gasteiger partial charge is 0.348 e. The van der Waals surface area contributed by atoms with E-state index in [0.717, 1.165) is 43.5 Å². The maximum absolute atomic E-state index is 12.6. The molecular formula is C21H25ClN2O. The summed E-state index contributed by atoms with van der Waals surface area (Å²) in [5, 5.41) is 6.36. The molecule has 1 amide bonds. The summed E-state index contributed by atoms with van der Waals surface area (Å²) in [6.45, 7) is 2.54. The molecule has 0 saturated heterocycles. The fourth-order valence-electron chi connectivity index (χ4n) is 3.00. The molecule has 1 aliphatic rings. The van der Waals surface area contributed by atoms with Gasteiger partial charge in [0, 0.05) is 18.7 Å². The topological polar surface area (TPSA) is 41.1 Å². The van der Waals surface area contributed by atoms with E-state index in [1.165, 1.54) is 11.1 Å². The standard InChI is InChI=1S/C21H24N2O.ClH/c24-21(23-16-18-12-14-22-15-13-18)20-9-5-4-8-19(20)11-10-17-6-2-1-3-7-17;/h1-9,12,22H,10-11,13-16H2,(H,23,24);1H. The summed E-state index contributed by atoms with van der Waals surface area (Å²) in [5.74, 6) is 0.0260. The number of carbonyl (C=O) groups is 1. The van der Waals surface area contributed by atoms with Crippen molar-refractivity contribution in [2.45, 2.75) is 19.3 Å². The van der Waals surface area contributed by atoms with Crippen LogP contribution in [0.25, 0.3) is 0 Å². The van der Waals surface area contributed by atoms with Crippen LogP contribution in [0.3, 0.4) is 0 Å². The zero-order chi connectivity index (χ0) is 16.6. The van der Waals surface area contributed by atoms with E-state index >= 15 is 0 Å². The van der Waals surface area contributed by atoms with Crippen molar-refractivity contribution in [3.63, 3.8) is 0 Å². The maximum Gasteiger partial charge on any atom is 0.251 e. The lowest BCUT2D eigenvalue weighted by Crippen LogP contribution is -2.30. The van der Waals surface area contributed by atoms with Gasteiger partial charge < -0.3 is 10.6 Å². The summed E-state index contributed by atoms with van der Waals surface area (Å²) in [5.41, 5.74) is 4.51. The smallest absolute Gasteiger partial charge is 0.251 e. The van der Waals surface area contributed by atoms with Crippen molar-refractivity contribution in [1.82, 2.24) is 10.6 Å². The van der Waals surface area contributed by atoms with Gasteiger partial charge in [-0.25, -0.2) is 0 Å². The van der Waals surface area contributed by atoms with Gasteiger partial charge in [-0.05, 0) is 43.0 Å². The zero-order valence-electron chi connectivity index (χ0n) is 14.3. The van der Waals surface area contributed by atoms with Gasteiger partial charge in [-0.2, -0.15) is 0 Å². The Morgan fingerprint density at radius 2 is 1.76 bits per heavy atom. The Hall–Kier alpha value is -2.10. The quantitative estimate of drug-likeness (QED) is 0.777. The summed E-state index contributed by atoms with van der Waals surface area (Å²) < 4.78 is 0. The van der Waals surface area contributed by atoms with Gasteiger partial charge in [0.15, 0.2) is 0 Å². The summed E-state index contributed by atoms with van der Waals surface area (Å²) >= 11 is 0. The second-order valence-electron chi connectivity index (χ2n) is 6.14. The summed E-state index contributed by atoms with van der Waals surface area (Å²) in [7, 11) is 0. The lowest BCUT2D eigenvalue weighted by molar-refractivity contribution is 0.0955. The van der Waals surface area contributed by atoms with Crippen molar-refractivity contribution >= 4 is 18.3 Å². The molecule has 2 N–H and O–H groups in total. The van der Waals surface area contributed by atoms with Crippen LogP contribution in [-0.2, 0) is 12.8 Å². The number of hydrogen-bond donors (Lipinski definition) is 2. The van der Waals surface area contributed by atoms with E-state index in [0.29, 0.717) is 6.54 Å². The highest BCUT2D eigenvalue weighted by Gasteiger charge is 2.12. The molecule has 3 rings (SSSR count). The third kappa shape index (κ3) is 5.73. The van der Waals surface area contributed by atoms with Crippen molar-refractivity contribution in [1.29, 1.82) is 0 Å². The molecule has 0 bridgehead atoms. The van der Waals surface area contributed by atoms with Crippen LogP contribution in [0.5, 0.6) is 0 Å². The first-order chi connectivity index (χ1) is 11.8. The predicted molar refractivity (Wildman–Crippen MR) is 105 cm³/mol. The number of halogens is 1. The van der Waals surface area contributed by atoms with Gasteiger partial charge in [-0.15, -0.1) is 12.4 Å². The fraction of sp³-hybridized carbons (Fsp3) is 0.286. The molecule has 0 saturated carbocycles. The summed E-state index contributed by atoms with van der Waals surface area (Å²) in [6.07, 6.45) is 5.00. The van der Waals surface area contributed by atoms with E-state index in [1.807, 2.05) is 24.3 Å². The molecule has 0 fully saturated rings. The number of aryl methyl sites for hydroxylation is 2. The van der Waals surface area contributed by atoms with Crippen molar-refractivity contribution < 1.29 is 4.79 Å². The first kappa shape index (κ1) is 19.2. The molecule has 2 aromatic rings. The van der Waals surface area contributed by atoms with Crippen LogP contribution in [0.15, 0.2) is 66.2 Å². The van der Waals surface area contributed by atoms with E-state index in [4.69, 9.17) is 0 Å². The highest BCUT2D eigenvalue weighted by molar-refractivity contribution is 5.95. The van der Waals surface area contributed by atoms with E-state index in [1.54, 1.807) is 0 Å². The Labute approximate surface area is 155 Å². The van der Waals surface area contributed by atoms with Crippen LogP contribution in [0.1, 0.15) is 27.9 Å². The average Bonchev–Trinajstić information content (AvgIpc) is 2.66. The molecule has 1 aliphatic heterocycles. The van der Waals surface area contributed by atoms with Gasteiger partial charge in [0.05, 0.1) is 0 Å². The Kier molecular flexibility index (Phi) is 7.71. The van der Waals surface area contributed by atoms with E-state index in [-0.39, 0.29) is 18.3 Å². The van der Waals surface area contributed by atoms with Crippen molar-refractivity contribution in [2.75, 3.05) is 19.6 Å². The molecule has 132 valence electrons. The van der Waals surface area contributed by atoms with Crippen LogP contribution in [0.2, 0.25) is 0 Å². The first-order valence-corrected chi connectivity index (χ1v) is 8.61. The lowest BCUT2D eigenvalue weighted by Gasteiger charge is -2.15. The number of benzene rings is 2. The summed E-state index contributed by atoms with van der Waals surface area (Å²) in [4.78, 5) is 12.6. The number of amides is 1. The predicted octanol–water partition coefficient (Wildman–Crippen LogP) is 3.54. The minimum Gasteiger partial charge on any atom is -0.348 e. The molecule has 3 nitrogen and oxygen atoms in total. The molecule has 2 aromatic carbocycles. The molecule has 0 unspecified atom stereocenters. The SMILES string of the molecule is Cl.O=C(NCC1=CCNCC1)c1ccccc1CCc1ccccc1. The van der Waals surface area contributed by atoms with Crippen molar-refractivity contribution in [3.05, 3.63) is 82.9 Å². The van der Waals surface area contributed by atoms with Crippen LogP contribution >= 0.6 is 12.4 Å². The Morgan fingerprint density at radius 3 is 2.52 bits per heavy atom. The van der Waals surface area contributed by atoms with Crippen LogP contribution in [0, 0.1) is 0 Å². The molecule has 4 heteroatoms. The molecule has 25 heavy (non-hydrogen) atoms. The zero-order valence-corrected chi connectivity index (χ0v) is 15.1.